The molecule has 0 spiro atoms. The number of imide groups is 1. The molecule has 1 aromatic carbocycles. The van der Waals surface area contributed by atoms with Crippen molar-refractivity contribution in [3.8, 4) is 0 Å². The predicted molar refractivity (Wildman–Crippen MR) is 66.3 cm³/mol. The third-order valence-electron chi connectivity index (χ3n) is 2.10. The Morgan fingerprint density at radius 3 is 2.31 bits per heavy atom. The molecule has 16 heavy (non-hydrogen) atoms. The number of halogens is 2. The summed E-state index contributed by atoms with van der Waals surface area (Å²) in [4.78, 5) is 24.4. The molecule has 1 heterocycles. The van der Waals surface area contributed by atoms with Gasteiger partial charge in [0.25, 0.3) is 0 Å². The van der Waals surface area contributed by atoms with E-state index in [0.717, 1.165) is 4.90 Å². The third-order valence-corrected chi connectivity index (χ3v) is 3.54. The molecule has 1 aliphatic heterocycles. The summed E-state index contributed by atoms with van der Waals surface area (Å²) in [5.74, 6) is 0.103. The zero-order valence-electron chi connectivity index (χ0n) is 8.07. The molecule has 1 fully saturated rings. The Bertz CT molecular complexity index is 448. The Morgan fingerprint density at radius 1 is 1.12 bits per heavy atom. The molecule has 0 unspecified atom stereocenters. The Morgan fingerprint density at radius 2 is 1.75 bits per heavy atom. The van der Waals surface area contributed by atoms with Gasteiger partial charge < -0.3 is 0 Å². The molecule has 0 bridgehead atoms. The highest BCUT2D eigenvalue weighted by atomic mass is 35.5. The summed E-state index contributed by atoms with van der Waals surface area (Å²) in [6, 6.07) is 4.70. The van der Waals surface area contributed by atoms with Crippen molar-refractivity contribution in [1.29, 1.82) is 0 Å². The van der Waals surface area contributed by atoms with Gasteiger partial charge in [-0.3, -0.25) is 9.59 Å². The molecule has 0 aliphatic carbocycles. The zero-order chi connectivity index (χ0) is 11.7. The summed E-state index contributed by atoms with van der Waals surface area (Å²) in [6.45, 7) is 0. The van der Waals surface area contributed by atoms with Gasteiger partial charge in [0.15, 0.2) is 0 Å². The number of hydrogen-bond acceptors (Lipinski definition) is 3. The second-order valence-electron chi connectivity index (χ2n) is 3.21. The smallest absolute Gasteiger partial charge is 0.243 e. The monoisotopic (exact) mass is 275 g/mol. The lowest BCUT2D eigenvalue weighted by Gasteiger charge is -2.25. The number of anilines is 1. The standard InChI is InChI=1S/C10H7Cl2NO2S/c11-6-1-2-8(7(12)3-6)13-9(14)4-16-5-10(13)15/h1-3H,4-5H2. The van der Waals surface area contributed by atoms with Gasteiger partial charge in [0.1, 0.15) is 0 Å². The molecule has 6 heteroatoms. The number of carbonyl (C=O) groups excluding carboxylic acids is 2. The Balaban J connectivity index is 2.42. The number of nitrogens with zero attached hydrogens (tertiary/aromatic N) is 1. The maximum atomic E-state index is 11.6. The van der Waals surface area contributed by atoms with Crippen molar-refractivity contribution in [3.63, 3.8) is 0 Å². The molecule has 0 atom stereocenters. The lowest BCUT2D eigenvalue weighted by atomic mass is 10.2. The van der Waals surface area contributed by atoms with Gasteiger partial charge in [-0.1, -0.05) is 23.2 Å². The molecule has 3 nitrogen and oxygen atoms in total. The number of rotatable bonds is 1. The molecule has 1 saturated heterocycles. The van der Waals surface area contributed by atoms with Crippen LogP contribution in [0.1, 0.15) is 0 Å². The van der Waals surface area contributed by atoms with Crippen LogP contribution >= 0.6 is 35.0 Å². The van der Waals surface area contributed by atoms with E-state index < -0.39 is 0 Å². The maximum absolute atomic E-state index is 11.6. The van der Waals surface area contributed by atoms with Gasteiger partial charge >= 0.3 is 0 Å². The normalized spacial score (nSPS) is 16.8. The second-order valence-corrected chi connectivity index (χ2v) is 5.04. The van der Waals surface area contributed by atoms with E-state index in [1.165, 1.54) is 17.8 Å². The third kappa shape index (κ3) is 2.19. The van der Waals surface area contributed by atoms with E-state index in [-0.39, 0.29) is 11.8 Å². The van der Waals surface area contributed by atoms with Gasteiger partial charge in [-0.15, -0.1) is 11.8 Å². The fourth-order valence-electron chi connectivity index (χ4n) is 1.43. The summed E-state index contributed by atoms with van der Waals surface area (Å²) in [5.41, 5.74) is 0.404. The zero-order valence-corrected chi connectivity index (χ0v) is 10.4. The minimum absolute atomic E-state index is 0.245. The van der Waals surface area contributed by atoms with Crippen molar-refractivity contribution in [2.45, 2.75) is 0 Å². The quantitative estimate of drug-likeness (QED) is 0.740. The highest BCUT2D eigenvalue weighted by Gasteiger charge is 2.29. The molecule has 1 aromatic rings. The summed E-state index contributed by atoms with van der Waals surface area (Å²) in [5, 5.41) is 0.779. The van der Waals surface area contributed by atoms with Gasteiger partial charge in [0.2, 0.25) is 11.8 Å². The molecule has 2 rings (SSSR count). The van der Waals surface area contributed by atoms with Crippen molar-refractivity contribution in [3.05, 3.63) is 28.2 Å². The number of amides is 2. The van der Waals surface area contributed by atoms with Crippen molar-refractivity contribution in [1.82, 2.24) is 0 Å². The molecule has 0 aromatic heterocycles. The van der Waals surface area contributed by atoms with Crippen LogP contribution in [0, 0.1) is 0 Å². The van der Waals surface area contributed by atoms with Crippen molar-refractivity contribution < 1.29 is 9.59 Å². The van der Waals surface area contributed by atoms with Crippen molar-refractivity contribution in [2.24, 2.45) is 0 Å². The van der Waals surface area contributed by atoms with E-state index in [4.69, 9.17) is 23.2 Å². The molecular formula is C10H7Cl2NO2S. The first kappa shape index (κ1) is 11.8. The van der Waals surface area contributed by atoms with E-state index in [0.29, 0.717) is 27.2 Å². The minimum Gasteiger partial charge on any atom is -0.273 e. The Labute approximate surface area is 107 Å². The van der Waals surface area contributed by atoms with E-state index in [1.54, 1.807) is 12.1 Å². The first-order valence-electron chi connectivity index (χ1n) is 4.48. The molecule has 0 N–H and O–H groups in total. The summed E-state index contributed by atoms with van der Waals surface area (Å²) in [6.07, 6.45) is 0. The first-order valence-corrected chi connectivity index (χ1v) is 6.39. The van der Waals surface area contributed by atoms with Crippen molar-refractivity contribution >= 4 is 52.5 Å². The van der Waals surface area contributed by atoms with Crippen molar-refractivity contribution in [2.75, 3.05) is 16.4 Å². The Hall–Kier alpha value is -0.710. The first-order chi connectivity index (χ1) is 7.59. The van der Waals surface area contributed by atoms with Crippen LogP contribution in [-0.4, -0.2) is 23.3 Å². The van der Waals surface area contributed by atoms with Gasteiger partial charge in [0.05, 0.1) is 22.2 Å². The SMILES string of the molecule is O=C1CSCC(=O)N1c1ccc(Cl)cc1Cl. The Kier molecular flexibility index (Phi) is 3.42. The van der Waals surface area contributed by atoms with E-state index in [2.05, 4.69) is 0 Å². The van der Waals surface area contributed by atoms with E-state index in [1.807, 2.05) is 0 Å². The van der Waals surface area contributed by atoms with E-state index in [9.17, 15) is 9.59 Å². The molecule has 84 valence electrons. The van der Waals surface area contributed by atoms with Crippen LogP contribution in [0.15, 0.2) is 18.2 Å². The predicted octanol–water partition coefficient (Wildman–Crippen LogP) is 2.60. The van der Waals surface area contributed by atoms with Crippen LogP contribution in [0.4, 0.5) is 5.69 Å². The minimum atomic E-state index is -0.245. The van der Waals surface area contributed by atoms with Crippen LogP contribution < -0.4 is 4.90 Å². The number of benzene rings is 1. The average Bonchev–Trinajstić information content (AvgIpc) is 2.20. The summed E-state index contributed by atoms with van der Waals surface area (Å²) < 4.78 is 0. The number of carbonyl (C=O) groups is 2. The van der Waals surface area contributed by atoms with Gasteiger partial charge in [-0.05, 0) is 18.2 Å². The van der Waals surface area contributed by atoms with E-state index >= 15 is 0 Å². The summed E-state index contributed by atoms with van der Waals surface area (Å²) in [7, 11) is 0. The van der Waals surface area contributed by atoms with Crippen LogP contribution in [0.25, 0.3) is 0 Å². The van der Waals surface area contributed by atoms with Gasteiger partial charge in [0, 0.05) is 5.02 Å². The summed E-state index contributed by atoms with van der Waals surface area (Å²) >= 11 is 13.0. The van der Waals surface area contributed by atoms with Crippen LogP contribution in [0.5, 0.6) is 0 Å². The second kappa shape index (κ2) is 4.65. The average molecular weight is 276 g/mol. The molecule has 0 saturated carbocycles. The topological polar surface area (TPSA) is 37.4 Å². The fraction of sp³-hybridized carbons (Fsp3) is 0.200. The molecule has 1 aliphatic rings. The lowest BCUT2D eigenvalue weighted by molar-refractivity contribution is -0.124. The molecule has 2 amide bonds. The van der Waals surface area contributed by atoms with Gasteiger partial charge in [-0.25, -0.2) is 4.90 Å². The van der Waals surface area contributed by atoms with Crippen LogP contribution in [-0.2, 0) is 9.59 Å². The largest absolute Gasteiger partial charge is 0.273 e. The number of hydrogen-bond donors (Lipinski definition) is 0. The molecule has 0 radical (unpaired) electrons. The maximum Gasteiger partial charge on any atom is 0.243 e. The van der Waals surface area contributed by atoms with Crippen LogP contribution in [0.2, 0.25) is 10.0 Å². The van der Waals surface area contributed by atoms with Crippen LogP contribution in [0.3, 0.4) is 0 Å². The lowest BCUT2D eigenvalue weighted by Crippen LogP contribution is -2.43. The highest BCUT2D eigenvalue weighted by molar-refractivity contribution is 8.00. The highest BCUT2D eigenvalue weighted by Crippen LogP contribution is 2.31. The number of thioether (sulfide) groups is 1. The molecular weight excluding hydrogens is 269 g/mol. The van der Waals surface area contributed by atoms with Gasteiger partial charge in [-0.2, -0.15) is 0 Å². The fourth-order valence-corrected chi connectivity index (χ4v) is 2.63.